The molecular weight excluding hydrogens is 210 g/mol. The third kappa shape index (κ3) is 1.99. The molecule has 1 saturated carbocycles. The lowest BCUT2D eigenvalue weighted by atomic mass is 9.57. The van der Waals surface area contributed by atoms with Crippen molar-refractivity contribution >= 4 is 5.78 Å². The van der Waals surface area contributed by atoms with Crippen LogP contribution >= 0.6 is 0 Å². The third-order valence-corrected chi connectivity index (χ3v) is 4.76. The quantitative estimate of drug-likeness (QED) is 0.745. The second kappa shape index (κ2) is 4.41. The van der Waals surface area contributed by atoms with Gasteiger partial charge in [0.25, 0.3) is 0 Å². The molecule has 0 aromatic heterocycles. The van der Waals surface area contributed by atoms with E-state index in [2.05, 4.69) is 19.6 Å². The van der Waals surface area contributed by atoms with E-state index in [0.717, 1.165) is 30.4 Å². The zero-order chi connectivity index (χ0) is 12.6. The van der Waals surface area contributed by atoms with Gasteiger partial charge in [-0.3, -0.25) is 4.79 Å². The summed E-state index contributed by atoms with van der Waals surface area (Å²) in [5.41, 5.74) is 8.08. The highest BCUT2D eigenvalue weighted by molar-refractivity contribution is 5.98. The molecule has 0 aliphatic heterocycles. The maximum absolute atomic E-state index is 12.3. The average Bonchev–Trinajstić information content (AvgIpc) is 2.27. The zero-order valence-electron chi connectivity index (χ0n) is 11.0. The highest BCUT2D eigenvalue weighted by Crippen LogP contribution is 2.51. The van der Waals surface area contributed by atoms with E-state index in [1.165, 1.54) is 0 Å². The van der Waals surface area contributed by atoms with Gasteiger partial charge in [-0.25, -0.2) is 0 Å². The van der Waals surface area contributed by atoms with Crippen LogP contribution in [0.15, 0.2) is 23.8 Å². The van der Waals surface area contributed by atoms with Gasteiger partial charge in [-0.1, -0.05) is 25.2 Å². The molecule has 3 unspecified atom stereocenters. The topological polar surface area (TPSA) is 43.1 Å². The molecule has 0 aromatic rings. The van der Waals surface area contributed by atoms with Crippen LogP contribution in [0.5, 0.6) is 0 Å². The predicted octanol–water partition coefficient (Wildman–Crippen LogP) is 2.84. The average molecular weight is 233 g/mol. The minimum absolute atomic E-state index is 0.00799. The lowest BCUT2D eigenvalue weighted by molar-refractivity contribution is -0.120. The highest BCUT2D eigenvalue weighted by Gasteiger charge is 2.46. The van der Waals surface area contributed by atoms with Gasteiger partial charge in [0.05, 0.1) is 0 Å². The Morgan fingerprint density at radius 2 is 2.35 bits per heavy atom. The minimum Gasteiger partial charge on any atom is -0.330 e. The molecule has 0 saturated heterocycles. The van der Waals surface area contributed by atoms with Crippen molar-refractivity contribution in [1.82, 2.24) is 0 Å². The number of ketones is 1. The van der Waals surface area contributed by atoms with Crippen molar-refractivity contribution in [3.8, 4) is 0 Å². The van der Waals surface area contributed by atoms with E-state index >= 15 is 0 Å². The first-order valence-electron chi connectivity index (χ1n) is 6.58. The molecule has 3 atom stereocenters. The van der Waals surface area contributed by atoms with Crippen LogP contribution in [0.1, 0.15) is 39.5 Å². The van der Waals surface area contributed by atoms with Gasteiger partial charge < -0.3 is 5.73 Å². The summed E-state index contributed by atoms with van der Waals surface area (Å²) < 4.78 is 0. The van der Waals surface area contributed by atoms with Gasteiger partial charge in [-0.15, -0.1) is 0 Å². The normalized spacial score (nSPS) is 37.4. The van der Waals surface area contributed by atoms with Crippen LogP contribution in [0.4, 0.5) is 0 Å². The lowest BCUT2D eigenvalue weighted by Crippen LogP contribution is -2.44. The Hall–Kier alpha value is -0.890. The van der Waals surface area contributed by atoms with Crippen molar-refractivity contribution in [3.05, 3.63) is 23.8 Å². The predicted molar refractivity (Wildman–Crippen MR) is 70.5 cm³/mol. The van der Waals surface area contributed by atoms with E-state index < -0.39 is 0 Å². The summed E-state index contributed by atoms with van der Waals surface area (Å²) in [6, 6.07) is 0. The molecule has 2 rings (SSSR count). The van der Waals surface area contributed by atoms with E-state index in [9.17, 15) is 4.79 Å². The van der Waals surface area contributed by atoms with E-state index in [4.69, 9.17) is 5.73 Å². The Bertz CT molecular complexity index is 382. The minimum atomic E-state index is -0.00799. The Labute approximate surface area is 104 Å². The smallest absolute Gasteiger partial charge is 0.159 e. The van der Waals surface area contributed by atoms with Crippen LogP contribution in [-0.2, 0) is 4.79 Å². The highest BCUT2D eigenvalue weighted by atomic mass is 16.1. The molecule has 2 heteroatoms. The van der Waals surface area contributed by atoms with Crippen molar-refractivity contribution in [3.63, 3.8) is 0 Å². The van der Waals surface area contributed by atoms with Gasteiger partial charge in [-0.05, 0) is 50.1 Å². The van der Waals surface area contributed by atoms with E-state index in [1.54, 1.807) is 0 Å². The van der Waals surface area contributed by atoms with Gasteiger partial charge in [0.2, 0.25) is 0 Å². The molecule has 0 radical (unpaired) electrons. The van der Waals surface area contributed by atoms with Gasteiger partial charge in [0, 0.05) is 11.8 Å². The second-order valence-corrected chi connectivity index (χ2v) is 5.92. The maximum Gasteiger partial charge on any atom is 0.159 e. The molecule has 0 aromatic carbocycles. The summed E-state index contributed by atoms with van der Waals surface area (Å²) in [4.78, 5) is 12.3. The summed E-state index contributed by atoms with van der Waals surface area (Å²) in [6.45, 7) is 8.98. The number of fused-ring (bicyclic) bond motifs is 1. The Balaban J connectivity index is 2.36. The number of hydrogen-bond donors (Lipinski definition) is 1. The molecule has 1 fully saturated rings. The number of carbonyl (C=O) groups is 1. The Morgan fingerprint density at radius 3 is 2.94 bits per heavy atom. The summed E-state index contributed by atoms with van der Waals surface area (Å²) >= 11 is 0. The molecule has 2 aliphatic carbocycles. The first-order chi connectivity index (χ1) is 7.99. The van der Waals surface area contributed by atoms with Crippen LogP contribution in [0.3, 0.4) is 0 Å². The van der Waals surface area contributed by atoms with Crippen LogP contribution in [-0.4, -0.2) is 12.3 Å². The largest absolute Gasteiger partial charge is 0.330 e. The van der Waals surface area contributed by atoms with Gasteiger partial charge in [-0.2, -0.15) is 0 Å². The molecule has 0 bridgehead atoms. The zero-order valence-corrected chi connectivity index (χ0v) is 11.0. The monoisotopic (exact) mass is 233 g/mol. The lowest BCUT2D eigenvalue weighted by Gasteiger charge is -2.47. The first-order valence-corrected chi connectivity index (χ1v) is 6.58. The molecule has 94 valence electrons. The number of hydrogen-bond acceptors (Lipinski definition) is 2. The van der Waals surface area contributed by atoms with Crippen molar-refractivity contribution < 1.29 is 4.79 Å². The van der Waals surface area contributed by atoms with Crippen LogP contribution in [0.25, 0.3) is 0 Å². The molecule has 0 amide bonds. The van der Waals surface area contributed by atoms with Crippen LogP contribution < -0.4 is 5.73 Å². The van der Waals surface area contributed by atoms with Crippen LogP contribution in [0, 0.1) is 17.3 Å². The van der Waals surface area contributed by atoms with Crippen molar-refractivity contribution in [2.45, 2.75) is 39.5 Å². The van der Waals surface area contributed by atoms with Crippen molar-refractivity contribution in [1.29, 1.82) is 0 Å². The molecule has 2 N–H and O–H groups in total. The number of rotatable bonds is 2. The standard InChI is InChI=1S/C15H23NO/c1-10(2)11-7-14(17)13-6-4-5-12(9-16)15(13,3)8-11/h6,11-12H,1,4-5,7-9,16H2,2-3H3. The first kappa shape index (κ1) is 12.6. The van der Waals surface area contributed by atoms with E-state index in [0.29, 0.717) is 30.6 Å². The number of allylic oxidation sites excluding steroid dienone is 3. The van der Waals surface area contributed by atoms with Crippen LogP contribution in [0.2, 0.25) is 0 Å². The Kier molecular flexibility index (Phi) is 3.26. The fraction of sp³-hybridized carbons (Fsp3) is 0.667. The molecule has 0 heterocycles. The summed E-state index contributed by atoms with van der Waals surface area (Å²) in [5.74, 6) is 1.12. The Morgan fingerprint density at radius 1 is 1.65 bits per heavy atom. The molecule has 0 spiro atoms. The summed E-state index contributed by atoms with van der Waals surface area (Å²) in [5, 5.41) is 0. The molecule has 2 nitrogen and oxygen atoms in total. The summed E-state index contributed by atoms with van der Waals surface area (Å²) in [6.07, 6.45) is 5.97. The molecule has 2 aliphatic rings. The number of Topliss-reactive ketones (excluding diaryl/α,β-unsaturated/α-hetero) is 1. The van der Waals surface area contributed by atoms with Gasteiger partial charge in [0.1, 0.15) is 0 Å². The van der Waals surface area contributed by atoms with Crippen molar-refractivity contribution in [2.24, 2.45) is 23.0 Å². The van der Waals surface area contributed by atoms with E-state index in [-0.39, 0.29) is 5.41 Å². The maximum atomic E-state index is 12.3. The fourth-order valence-electron chi connectivity index (χ4n) is 3.55. The second-order valence-electron chi connectivity index (χ2n) is 5.92. The SMILES string of the molecule is C=C(C)C1CC(=O)C2=CCCC(CN)C2(C)C1. The molecule has 17 heavy (non-hydrogen) atoms. The van der Waals surface area contributed by atoms with Gasteiger partial charge in [0.15, 0.2) is 5.78 Å². The number of carbonyl (C=O) groups excluding carboxylic acids is 1. The fourth-order valence-corrected chi connectivity index (χ4v) is 3.55. The van der Waals surface area contributed by atoms with E-state index in [1.807, 2.05) is 6.92 Å². The van der Waals surface area contributed by atoms with Crippen molar-refractivity contribution in [2.75, 3.05) is 6.54 Å². The van der Waals surface area contributed by atoms with Gasteiger partial charge >= 0.3 is 0 Å². The molecular formula is C15H23NO. The summed E-state index contributed by atoms with van der Waals surface area (Å²) in [7, 11) is 0. The third-order valence-electron chi connectivity index (χ3n) is 4.76. The number of nitrogens with two attached hydrogens (primary N) is 1.